The van der Waals surface area contributed by atoms with Crippen molar-refractivity contribution in [1.29, 1.82) is 0 Å². The number of carbonyl (C=O) groups excluding carboxylic acids is 1. The maximum Gasteiger partial charge on any atom is 0.266 e. The van der Waals surface area contributed by atoms with E-state index in [1.807, 2.05) is 92.7 Å². The van der Waals surface area contributed by atoms with Crippen LogP contribution in [0.15, 0.2) is 83.7 Å². The van der Waals surface area contributed by atoms with Gasteiger partial charge in [-0.25, -0.2) is 4.98 Å². The molecule has 0 saturated heterocycles. The number of hydrogen-bond acceptors (Lipinski definition) is 3. The number of aryl methyl sites for hydroxylation is 2. The molecule has 0 fully saturated rings. The van der Waals surface area contributed by atoms with E-state index in [2.05, 4.69) is 5.32 Å². The maximum atomic E-state index is 14.0. The van der Waals surface area contributed by atoms with Crippen LogP contribution in [-0.2, 0) is 6.42 Å². The Morgan fingerprint density at radius 1 is 0.882 bits per heavy atom. The lowest BCUT2D eigenvalue weighted by Crippen LogP contribution is -2.32. The third kappa shape index (κ3) is 3.20. The van der Waals surface area contributed by atoms with Crippen molar-refractivity contribution in [3.05, 3.63) is 117 Å². The second-order valence-electron chi connectivity index (χ2n) is 9.02. The number of fused-ring (bicyclic) bond motifs is 5. The summed E-state index contributed by atoms with van der Waals surface area (Å²) in [7, 11) is 0. The van der Waals surface area contributed by atoms with E-state index < -0.39 is 6.04 Å². The van der Waals surface area contributed by atoms with E-state index in [-0.39, 0.29) is 11.5 Å². The van der Waals surface area contributed by atoms with Crippen LogP contribution in [0.25, 0.3) is 27.4 Å². The van der Waals surface area contributed by atoms with Gasteiger partial charge in [-0.15, -0.1) is 0 Å². The Balaban J connectivity index is 1.70. The van der Waals surface area contributed by atoms with E-state index in [1.54, 1.807) is 4.57 Å². The van der Waals surface area contributed by atoms with Crippen LogP contribution < -0.4 is 10.9 Å². The topological polar surface area (TPSA) is 64.0 Å². The van der Waals surface area contributed by atoms with Gasteiger partial charge in [0.15, 0.2) is 0 Å². The number of carbonyl (C=O) groups is 1. The summed E-state index contributed by atoms with van der Waals surface area (Å²) in [4.78, 5) is 32.5. The van der Waals surface area contributed by atoms with Crippen molar-refractivity contribution < 1.29 is 4.79 Å². The minimum absolute atomic E-state index is 0.149. The first-order chi connectivity index (χ1) is 16.5. The van der Waals surface area contributed by atoms with Gasteiger partial charge in [-0.1, -0.05) is 60.7 Å². The van der Waals surface area contributed by atoms with Crippen molar-refractivity contribution in [3.8, 4) is 5.69 Å². The van der Waals surface area contributed by atoms with Gasteiger partial charge in [0.1, 0.15) is 5.82 Å². The molecule has 1 amide bonds. The van der Waals surface area contributed by atoms with Crippen LogP contribution in [0.2, 0.25) is 0 Å². The smallest absolute Gasteiger partial charge is 0.266 e. The molecule has 5 heteroatoms. The first-order valence-electron chi connectivity index (χ1n) is 11.4. The van der Waals surface area contributed by atoms with E-state index in [0.717, 1.165) is 27.5 Å². The molecule has 0 saturated carbocycles. The average Bonchev–Trinajstić information content (AvgIpc) is 2.93. The molecule has 1 unspecified atom stereocenters. The van der Waals surface area contributed by atoms with Crippen molar-refractivity contribution in [1.82, 2.24) is 14.9 Å². The molecule has 5 nitrogen and oxygen atoms in total. The summed E-state index contributed by atoms with van der Waals surface area (Å²) in [6, 6.07) is 25.1. The summed E-state index contributed by atoms with van der Waals surface area (Å²) in [6.45, 7) is 3.94. The molecular weight excluding hydrogens is 422 g/mol. The summed E-state index contributed by atoms with van der Waals surface area (Å²) in [6.07, 6.45) is 0.531. The summed E-state index contributed by atoms with van der Waals surface area (Å²) in [5.74, 6) is 0.345. The zero-order chi connectivity index (χ0) is 23.4. The summed E-state index contributed by atoms with van der Waals surface area (Å²) in [5.41, 5.74) is 4.54. The highest BCUT2D eigenvalue weighted by molar-refractivity contribution is 6.03. The predicted octanol–water partition coefficient (Wildman–Crippen LogP) is 5.18. The van der Waals surface area contributed by atoms with Crippen molar-refractivity contribution in [2.24, 2.45) is 0 Å². The van der Waals surface area contributed by atoms with E-state index >= 15 is 0 Å². The van der Waals surface area contributed by atoms with Crippen LogP contribution >= 0.6 is 0 Å². The van der Waals surface area contributed by atoms with Gasteiger partial charge in [-0.2, -0.15) is 0 Å². The van der Waals surface area contributed by atoms with Gasteiger partial charge in [0.2, 0.25) is 0 Å². The molecule has 1 aromatic heterocycles. The lowest BCUT2D eigenvalue weighted by Gasteiger charge is -2.20. The Labute approximate surface area is 196 Å². The van der Waals surface area contributed by atoms with Crippen molar-refractivity contribution >= 4 is 27.6 Å². The van der Waals surface area contributed by atoms with E-state index in [4.69, 9.17) is 4.98 Å². The molecule has 5 aromatic rings. The molecule has 0 bridgehead atoms. The van der Waals surface area contributed by atoms with Gasteiger partial charge in [0.05, 0.1) is 28.2 Å². The molecule has 6 rings (SSSR count). The van der Waals surface area contributed by atoms with E-state index in [9.17, 15) is 9.59 Å². The Bertz CT molecular complexity index is 1670. The standard InChI is InChI=1S/C29H23N3O2/c1-17-12-18(2)26-23(13-17)30-27-24(14-19-8-4-3-5-9-19)31-28(33)22-15-20-10-6-7-11-21(20)16-25(22)32(27)29(26)34/h3-13,15-16,24H,14H2,1-2H3,(H,31,33). The Hall–Kier alpha value is -4.25. The van der Waals surface area contributed by atoms with Crippen molar-refractivity contribution in [2.45, 2.75) is 26.3 Å². The van der Waals surface area contributed by atoms with Crippen LogP contribution in [-0.4, -0.2) is 15.5 Å². The molecule has 1 aliphatic rings. The highest BCUT2D eigenvalue weighted by atomic mass is 16.2. The second-order valence-corrected chi connectivity index (χ2v) is 9.02. The fraction of sp³-hybridized carbons (Fsp3) is 0.138. The highest BCUT2D eigenvalue weighted by Gasteiger charge is 2.30. The molecule has 0 radical (unpaired) electrons. The number of aromatic nitrogens is 2. The number of hydrogen-bond donors (Lipinski definition) is 1. The monoisotopic (exact) mass is 445 g/mol. The Morgan fingerprint density at radius 2 is 1.59 bits per heavy atom. The molecule has 0 aliphatic carbocycles. The number of rotatable bonds is 2. The fourth-order valence-corrected chi connectivity index (χ4v) is 5.06. The van der Waals surface area contributed by atoms with E-state index in [0.29, 0.717) is 34.4 Å². The molecule has 1 aliphatic heterocycles. The summed E-state index contributed by atoms with van der Waals surface area (Å²) in [5, 5.41) is 5.67. The van der Waals surface area contributed by atoms with Gasteiger partial charge in [-0.05, 0) is 65.9 Å². The van der Waals surface area contributed by atoms with Crippen molar-refractivity contribution in [3.63, 3.8) is 0 Å². The van der Waals surface area contributed by atoms with Gasteiger partial charge in [-0.3, -0.25) is 14.2 Å². The highest BCUT2D eigenvalue weighted by Crippen LogP contribution is 2.30. The third-order valence-corrected chi connectivity index (χ3v) is 6.59. The van der Waals surface area contributed by atoms with E-state index in [1.165, 1.54) is 0 Å². The lowest BCUT2D eigenvalue weighted by atomic mass is 10.0. The molecule has 4 aromatic carbocycles. The van der Waals surface area contributed by atoms with Crippen LogP contribution in [0.1, 0.15) is 38.9 Å². The average molecular weight is 446 g/mol. The van der Waals surface area contributed by atoms with Crippen molar-refractivity contribution in [2.75, 3.05) is 0 Å². The zero-order valence-corrected chi connectivity index (χ0v) is 19.0. The number of nitrogens with one attached hydrogen (secondary N) is 1. The summed E-state index contributed by atoms with van der Waals surface area (Å²) >= 11 is 0. The largest absolute Gasteiger partial charge is 0.342 e. The summed E-state index contributed by atoms with van der Waals surface area (Å²) < 4.78 is 1.65. The van der Waals surface area contributed by atoms with Crippen LogP contribution in [0.4, 0.5) is 0 Å². The van der Waals surface area contributed by atoms with Gasteiger partial charge < -0.3 is 5.32 Å². The van der Waals surface area contributed by atoms with Crippen LogP contribution in [0, 0.1) is 13.8 Å². The normalized spacial score (nSPS) is 15.0. The minimum atomic E-state index is -0.455. The number of nitrogens with zero attached hydrogens (tertiary/aromatic N) is 2. The maximum absolute atomic E-state index is 14.0. The molecule has 2 heterocycles. The van der Waals surface area contributed by atoms with Gasteiger partial charge in [0.25, 0.3) is 11.5 Å². The number of benzene rings is 4. The molecule has 166 valence electrons. The van der Waals surface area contributed by atoms with Crippen LogP contribution in [0.5, 0.6) is 0 Å². The second kappa shape index (κ2) is 7.66. The third-order valence-electron chi connectivity index (χ3n) is 6.59. The fourth-order valence-electron chi connectivity index (χ4n) is 5.06. The molecule has 1 N–H and O–H groups in total. The molecular formula is C29H23N3O2. The molecule has 1 atom stereocenters. The van der Waals surface area contributed by atoms with Gasteiger partial charge >= 0.3 is 0 Å². The lowest BCUT2D eigenvalue weighted by molar-refractivity contribution is 0.0938. The number of amides is 1. The molecule has 34 heavy (non-hydrogen) atoms. The minimum Gasteiger partial charge on any atom is -0.342 e. The quantitative estimate of drug-likeness (QED) is 0.407. The molecule has 0 spiro atoms. The van der Waals surface area contributed by atoms with Gasteiger partial charge in [0, 0.05) is 0 Å². The first-order valence-corrected chi connectivity index (χ1v) is 11.4. The SMILES string of the molecule is Cc1cc(C)c2c(=O)n3c(nc2c1)C(Cc1ccccc1)NC(=O)c1cc2ccccc2cc1-3. The Morgan fingerprint density at radius 3 is 2.35 bits per heavy atom. The first kappa shape index (κ1) is 20.4. The Kier molecular flexibility index (Phi) is 4.59. The van der Waals surface area contributed by atoms with Crippen LogP contribution in [0.3, 0.4) is 0 Å². The zero-order valence-electron chi connectivity index (χ0n) is 19.0. The predicted molar refractivity (Wildman–Crippen MR) is 135 cm³/mol.